The molecule has 8 heteroatoms. The number of hydrogen-bond acceptors (Lipinski definition) is 5. The number of nitrogens with two attached hydrogens (primary N) is 2. The molecule has 0 saturated carbocycles. The molecule has 0 bridgehead atoms. The zero-order chi connectivity index (χ0) is 17.0. The van der Waals surface area contributed by atoms with Gasteiger partial charge >= 0.3 is 5.97 Å². The van der Waals surface area contributed by atoms with E-state index in [9.17, 15) is 4.79 Å². The number of ether oxygens (including phenoxy) is 1. The Morgan fingerprint density at radius 3 is 2.39 bits per heavy atom. The number of rotatable bonds is 5. The zero-order valence-electron chi connectivity index (χ0n) is 11.7. The summed E-state index contributed by atoms with van der Waals surface area (Å²) in [6, 6.07) is 11.4. The molecule has 2 aromatic carbocycles. The highest BCUT2D eigenvalue weighted by atomic mass is 35.5. The molecule has 0 spiro atoms. The average Bonchev–Trinajstić information content (AvgIpc) is 2.51. The van der Waals surface area contributed by atoms with Crippen LogP contribution in [0.1, 0.15) is 5.56 Å². The third kappa shape index (κ3) is 4.07. The van der Waals surface area contributed by atoms with E-state index in [1.807, 2.05) is 0 Å². The van der Waals surface area contributed by atoms with Crippen molar-refractivity contribution in [2.75, 3.05) is 0 Å². The van der Waals surface area contributed by atoms with E-state index < -0.39 is 5.97 Å². The minimum absolute atomic E-state index is 0.0143. The van der Waals surface area contributed by atoms with Crippen molar-refractivity contribution in [3.63, 3.8) is 0 Å². The lowest BCUT2D eigenvalue weighted by Gasteiger charge is -2.10. The summed E-state index contributed by atoms with van der Waals surface area (Å²) in [4.78, 5) is 11.1. The molecule has 6 nitrogen and oxygen atoms in total. The van der Waals surface area contributed by atoms with Crippen LogP contribution in [0.2, 0.25) is 10.0 Å². The standard InChI is InChI=1S/C15H13Cl2N3O3/c16-11-5-4-10(7-12(11)17)23-9-3-1-2-8(6-9)13(18)14(20-19)15(21)22/h1-7,20H,18-19H2,(H,21,22)/b14-13-. The molecule has 0 saturated heterocycles. The van der Waals surface area contributed by atoms with Crippen LogP contribution in [0.3, 0.4) is 0 Å². The molecule has 120 valence electrons. The van der Waals surface area contributed by atoms with Gasteiger partial charge in [-0.1, -0.05) is 35.3 Å². The maximum atomic E-state index is 11.1. The number of nitrogens with one attached hydrogen (secondary N) is 1. The molecule has 0 aliphatic heterocycles. The van der Waals surface area contributed by atoms with E-state index >= 15 is 0 Å². The highest BCUT2D eigenvalue weighted by Gasteiger charge is 2.13. The highest BCUT2D eigenvalue weighted by molar-refractivity contribution is 6.42. The van der Waals surface area contributed by atoms with E-state index in [1.54, 1.807) is 42.5 Å². The summed E-state index contributed by atoms with van der Waals surface area (Å²) in [5, 5.41) is 9.81. The van der Waals surface area contributed by atoms with Crippen molar-refractivity contribution in [2.24, 2.45) is 11.6 Å². The van der Waals surface area contributed by atoms with Gasteiger partial charge in [0.25, 0.3) is 0 Å². The molecule has 0 aliphatic rings. The topological polar surface area (TPSA) is 111 Å². The van der Waals surface area contributed by atoms with Gasteiger partial charge in [-0.25, -0.2) is 4.79 Å². The normalized spacial score (nSPS) is 11.6. The number of carbonyl (C=O) groups is 1. The maximum Gasteiger partial charge on any atom is 0.355 e. The first-order valence-corrected chi connectivity index (χ1v) is 7.11. The Labute approximate surface area is 142 Å². The van der Waals surface area contributed by atoms with Gasteiger partial charge in [0, 0.05) is 11.6 Å². The molecule has 0 amide bonds. The summed E-state index contributed by atoms with van der Waals surface area (Å²) >= 11 is 11.8. The van der Waals surface area contributed by atoms with E-state index in [0.29, 0.717) is 27.1 Å². The molecule has 2 rings (SSSR count). The average molecular weight is 354 g/mol. The first-order chi connectivity index (χ1) is 10.9. The number of hydrogen-bond donors (Lipinski definition) is 4. The van der Waals surface area contributed by atoms with Gasteiger partial charge in [0.05, 0.1) is 15.7 Å². The fraction of sp³-hybridized carbons (Fsp3) is 0. The second kappa shape index (κ2) is 7.23. The summed E-state index contributed by atoms with van der Waals surface area (Å²) in [5.74, 6) is 4.84. The molecule has 0 unspecified atom stereocenters. The Morgan fingerprint density at radius 1 is 1.09 bits per heavy atom. The van der Waals surface area contributed by atoms with Crippen LogP contribution < -0.4 is 21.7 Å². The number of carboxylic acids is 1. The van der Waals surface area contributed by atoms with Crippen molar-refractivity contribution >= 4 is 34.9 Å². The predicted octanol–water partition coefficient (Wildman–Crippen LogP) is 2.96. The summed E-state index contributed by atoms with van der Waals surface area (Å²) in [7, 11) is 0. The van der Waals surface area contributed by atoms with Crippen molar-refractivity contribution in [2.45, 2.75) is 0 Å². The monoisotopic (exact) mass is 353 g/mol. The third-order valence-corrected chi connectivity index (χ3v) is 3.64. The SMILES string of the molecule is NN/C(C(=O)O)=C(\N)c1cccc(Oc2ccc(Cl)c(Cl)c2)c1. The highest BCUT2D eigenvalue weighted by Crippen LogP contribution is 2.30. The molecular formula is C15H13Cl2N3O3. The summed E-state index contributed by atoms with van der Waals surface area (Å²) in [5.41, 5.74) is 8.00. The fourth-order valence-corrected chi connectivity index (χ4v) is 2.09. The Hall–Kier alpha value is -2.41. The number of hydrazine groups is 1. The Bertz CT molecular complexity index is 778. The van der Waals surface area contributed by atoms with Crippen LogP contribution in [0.5, 0.6) is 11.5 Å². The number of halogens is 2. The molecule has 0 aliphatic carbocycles. The van der Waals surface area contributed by atoms with E-state index in [-0.39, 0.29) is 11.4 Å². The Kier molecular flexibility index (Phi) is 5.33. The molecule has 0 atom stereocenters. The first-order valence-electron chi connectivity index (χ1n) is 6.35. The minimum Gasteiger partial charge on any atom is -0.476 e. The Morgan fingerprint density at radius 2 is 1.78 bits per heavy atom. The number of benzene rings is 2. The lowest BCUT2D eigenvalue weighted by Crippen LogP contribution is -2.29. The Balaban J connectivity index is 2.33. The fourth-order valence-electron chi connectivity index (χ4n) is 1.80. The summed E-state index contributed by atoms with van der Waals surface area (Å²) < 4.78 is 5.66. The van der Waals surface area contributed by atoms with Crippen LogP contribution in [-0.4, -0.2) is 11.1 Å². The molecule has 0 heterocycles. The smallest absolute Gasteiger partial charge is 0.355 e. The van der Waals surface area contributed by atoms with Gasteiger partial charge in [-0.15, -0.1) is 0 Å². The van der Waals surface area contributed by atoms with Crippen LogP contribution in [-0.2, 0) is 4.79 Å². The van der Waals surface area contributed by atoms with Gasteiger partial charge in [0.1, 0.15) is 11.5 Å². The molecule has 2 aromatic rings. The van der Waals surface area contributed by atoms with Crippen molar-refractivity contribution in [3.05, 3.63) is 63.8 Å². The van der Waals surface area contributed by atoms with Gasteiger partial charge in [-0.05, 0) is 24.3 Å². The van der Waals surface area contributed by atoms with Crippen LogP contribution in [0.25, 0.3) is 5.70 Å². The molecule has 6 N–H and O–H groups in total. The summed E-state index contributed by atoms with van der Waals surface area (Å²) in [6.45, 7) is 0. The van der Waals surface area contributed by atoms with Crippen LogP contribution in [0, 0.1) is 0 Å². The van der Waals surface area contributed by atoms with Crippen molar-refractivity contribution in [3.8, 4) is 11.5 Å². The van der Waals surface area contributed by atoms with Gasteiger partial charge in [0.2, 0.25) is 0 Å². The molecule has 0 aromatic heterocycles. The number of aliphatic carboxylic acids is 1. The second-order valence-electron chi connectivity index (χ2n) is 4.44. The minimum atomic E-state index is -1.26. The largest absolute Gasteiger partial charge is 0.476 e. The predicted molar refractivity (Wildman–Crippen MR) is 89.0 cm³/mol. The molecule has 0 fully saturated rings. The zero-order valence-corrected chi connectivity index (χ0v) is 13.2. The second-order valence-corrected chi connectivity index (χ2v) is 5.26. The number of carboxylic acid groups (broad SMARTS) is 1. The van der Waals surface area contributed by atoms with Gasteiger partial charge in [-0.2, -0.15) is 0 Å². The van der Waals surface area contributed by atoms with Crippen molar-refractivity contribution < 1.29 is 14.6 Å². The van der Waals surface area contributed by atoms with Gasteiger partial charge in [0.15, 0.2) is 5.70 Å². The van der Waals surface area contributed by atoms with Crippen LogP contribution >= 0.6 is 23.2 Å². The lowest BCUT2D eigenvalue weighted by molar-refractivity contribution is -0.133. The van der Waals surface area contributed by atoms with Gasteiger partial charge in [-0.3, -0.25) is 5.84 Å². The van der Waals surface area contributed by atoms with Crippen LogP contribution in [0.4, 0.5) is 0 Å². The van der Waals surface area contributed by atoms with Gasteiger partial charge < -0.3 is 21.0 Å². The van der Waals surface area contributed by atoms with Crippen molar-refractivity contribution in [1.29, 1.82) is 0 Å². The quantitative estimate of drug-likeness (QED) is 0.373. The molecule has 0 radical (unpaired) electrons. The van der Waals surface area contributed by atoms with Crippen molar-refractivity contribution in [1.82, 2.24) is 5.43 Å². The molecule has 23 heavy (non-hydrogen) atoms. The van der Waals surface area contributed by atoms with E-state index in [2.05, 4.69) is 5.43 Å². The van der Waals surface area contributed by atoms with E-state index in [1.165, 1.54) is 0 Å². The molecular weight excluding hydrogens is 341 g/mol. The van der Waals surface area contributed by atoms with E-state index in [4.69, 9.17) is 44.6 Å². The summed E-state index contributed by atoms with van der Waals surface area (Å²) in [6.07, 6.45) is 0. The lowest BCUT2D eigenvalue weighted by atomic mass is 10.1. The maximum absolute atomic E-state index is 11.1. The first kappa shape index (κ1) is 17.0. The van der Waals surface area contributed by atoms with E-state index in [0.717, 1.165) is 0 Å². The third-order valence-electron chi connectivity index (χ3n) is 2.90. The van der Waals surface area contributed by atoms with Crippen LogP contribution in [0.15, 0.2) is 48.2 Å².